The minimum absolute atomic E-state index is 0.358. The van der Waals surface area contributed by atoms with Crippen LogP contribution < -0.4 is 5.73 Å². The van der Waals surface area contributed by atoms with Crippen molar-refractivity contribution in [2.75, 3.05) is 6.44 Å². The Morgan fingerprint density at radius 1 is 2.00 bits per heavy atom. The van der Waals surface area contributed by atoms with E-state index in [4.69, 9.17) is 11.0 Å². The van der Waals surface area contributed by atoms with Gasteiger partial charge in [0.25, 0.3) is 7.28 Å². The molecule has 5 heavy (non-hydrogen) atoms. The molecule has 2 nitrogen and oxygen atoms in total. The lowest BCUT2D eigenvalue weighted by atomic mass is 9.82. The maximum atomic E-state index is 7.68. The standard InChI is InChI=1S/C2H4BN2/c4-1-3-2-5/h1,4H2. The van der Waals surface area contributed by atoms with Gasteiger partial charge in [-0.05, 0) is 12.4 Å². The monoisotopic (exact) mass is 67.0 g/mol. The second-order valence-corrected chi connectivity index (χ2v) is 0.569. The highest BCUT2D eigenvalue weighted by Crippen LogP contribution is 1.37. The van der Waals surface area contributed by atoms with E-state index in [0.717, 1.165) is 0 Å². The van der Waals surface area contributed by atoms with Gasteiger partial charge in [0.1, 0.15) is 0 Å². The molecular weight excluding hydrogens is 62.8 g/mol. The minimum atomic E-state index is 0.358. The molecule has 0 aromatic rings. The van der Waals surface area contributed by atoms with Crippen molar-refractivity contribution >= 4 is 7.28 Å². The Hall–Kier alpha value is -0.485. The highest BCUT2D eigenvalue weighted by atomic mass is 14.5. The number of hydrogen-bond donors (Lipinski definition) is 1. The number of hydrogen-bond acceptors (Lipinski definition) is 2. The molecule has 0 aliphatic heterocycles. The summed E-state index contributed by atoms with van der Waals surface area (Å²) in [5.41, 5.74) is 4.86. The van der Waals surface area contributed by atoms with Gasteiger partial charge in [0.2, 0.25) is 0 Å². The average Bonchev–Trinajstić information content (AvgIpc) is 1.41. The first-order chi connectivity index (χ1) is 2.41. The SMILES string of the molecule is N#C[B]CN. The summed E-state index contributed by atoms with van der Waals surface area (Å²) < 4.78 is 0. The third kappa shape index (κ3) is 3.51. The highest BCUT2D eigenvalue weighted by Gasteiger charge is 1.72. The third-order valence-electron chi connectivity index (χ3n) is 0.209. The van der Waals surface area contributed by atoms with E-state index in [0.29, 0.717) is 6.44 Å². The van der Waals surface area contributed by atoms with Gasteiger partial charge >= 0.3 is 0 Å². The predicted molar refractivity (Wildman–Crippen MR) is 20.4 cm³/mol. The quantitative estimate of drug-likeness (QED) is 0.403. The summed E-state index contributed by atoms with van der Waals surface area (Å²) in [7, 11) is 1.33. The molecule has 2 N–H and O–H groups in total. The molecule has 25 valence electrons. The van der Waals surface area contributed by atoms with Crippen molar-refractivity contribution in [3.05, 3.63) is 0 Å². The molecule has 0 aliphatic carbocycles. The highest BCUT2D eigenvalue weighted by molar-refractivity contribution is 6.45. The number of nitrogens with two attached hydrogens (primary N) is 1. The zero-order valence-corrected chi connectivity index (χ0v) is 2.81. The first kappa shape index (κ1) is 4.51. The summed E-state index contributed by atoms with van der Waals surface area (Å²) >= 11 is 0. The van der Waals surface area contributed by atoms with Crippen LogP contribution in [0.2, 0.25) is 0 Å². The van der Waals surface area contributed by atoms with Gasteiger partial charge < -0.3 is 5.73 Å². The maximum absolute atomic E-state index is 7.68. The van der Waals surface area contributed by atoms with Crippen molar-refractivity contribution < 1.29 is 0 Å². The largest absolute Gasteiger partial charge is 0.337 e. The van der Waals surface area contributed by atoms with Crippen LogP contribution in [0.4, 0.5) is 0 Å². The predicted octanol–water partition coefficient (Wildman–Crippen LogP) is -0.912. The van der Waals surface area contributed by atoms with E-state index in [-0.39, 0.29) is 0 Å². The molecule has 0 unspecified atom stereocenters. The van der Waals surface area contributed by atoms with E-state index in [2.05, 4.69) is 0 Å². The van der Waals surface area contributed by atoms with Crippen LogP contribution in [-0.4, -0.2) is 13.7 Å². The summed E-state index contributed by atoms with van der Waals surface area (Å²) in [4.78, 5) is 0. The lowest BCUT2D eigenvalue weighted by Crippen LogP contribution is -2.05. The van der Waals surface area contributed by atoms with Crippen molar-refractivity contribution in [1.29, 1.82) is 5.26 Å². The van der Waals surface area contributed by atoms with Gasteiger partial charge in [0.05, 0.1) is 0 Å². The molecular formula is C2H4BN2. The Bertz CT molecular complexity index is 46.1. The number of nitriles is 1. The Morgan fingerprint density at radius 3 is 2.60 bits per heavy atom. The van der Waals surface area contributed by atoms with Gasteiger partial charge in [-0.3, -0.25) is 0 Å². The molecule has 0 fully saturated rings. The van der Waals surface area contributed by atoms with Crippen molar-refractivity contribution in [1.82, 2.24) is 0 Å². The van der Waals surface area contributed by atoms with Crippen LogP contribution in [0.25, 0.3) is 0 Å². The van der Waals surface area contributed by atoms with Gasteiger partial charge in [0, 0.05) is 0 Å². The van der Waals surface area contributed by atoms with Gasteiger partial charge in [-0.1, -0.05) is 0 Å². The first-order valence-electron chi connectivity index (χ1n) is 1.33. The van der Waals surface area contributed by atoms with Crippen LogP contribution in [-0.2, 0) is 0 Å². The van der Waals surface area contributed by atoms with Crippen molar-refractivity contribution in [2.45, 2.75) is 0 Å². The molecule has 0 aromatic heterocycles. The van der Waals surface area contributed by atoms with E-state index in [1.54, 1.807) is 5.97 Å². The fourth-order valence-corrected chi connectivity index (χ4v) is 0.0527. The molecule has 0 spiro atoms. The molecule has 0 saturated heterocycles. The second-order valence-electron chi connectivity index (χ2n) is 0.569. The summed E-state index contributed by atoms with van der Waals surface area (Å²) in [6.07, 6.45) is 0.358. The lowest BCUT2D eigenvalue weighted by Gasteiger charge is -1.63. The van der Waals surface area contributed by atoms with Crippen LogP contribution in [0.15, 0.2) is 0 Å². The fraction of sp³-hybridized carbons (Fsp3) is 0.500. The fourth-order valence-electron chi connectivity index (χ4n) is 0.0527. The summed E-state index contributed by atoms with van der Waals surface area (Å²) in [5.74, 6) is 1.77. The average molecular weight is 66.9 g/mol. The smallest absolute Gasteiger partial charge is 0.270 e. The van der Waals surface area contributed by atoms with E-state index in [9.17, 15) is 0 Å². The van der Waals surface area contributed by atoms with Gasteiger partial charge in [-0.25, -0.2) is 5.26 Å². The zero-order valence-electron chi connectivity index (χ0n) is 2.81. The summed E-state index contributed by atoms with van der Waals surface area (Å²) in [6, 6.07) is 0. The second kappa shape index (κ2) is 3.51. The molecule has 0 aliphatic rings. The molecule has 3 heteroatoms. The van der Waals surface area contributed by atoms with Crippen molar-refractivity contribution in [2.24, 2.45) is 5.73 Å². The molecule has 0 rings (SSSR count). The molecule has 0 aromatic carbocycles. The van der Waals surface area contributed by atoms with Crippen LogP contribution in [0, 0.1) is 11.2 Å². The minimum Gasteiger partial charge on any atom is -0.337 e. The molecule has 0 saturated carbocycles. The molecule has 0 atom stereocenters. The van der Waals surface area contributed by atoms with E-state index >= 15 is 0 Å². The van der Waals surface area contributed by atoms with Crippen LogP contribution in [0.3, 0.4) is 0 Å². The first-order valence-corrected chi connectivity index (χ1v) is 1.33. The third-order valence-corrected chi connectivity index (χ3v) is 0.209. The Labute approximate surface area is 31.8 Å². The molecule has 0 heterocycles. The Morgan fingerprint density at radius 2 is 2.60 bits per heavy atom. The Balaban J connectivity index is 2.48. The molecule has 1 radical (unpaired) electrons. The summed E-state index contributed by atoms with van der Waals surface area (Å²) in [5, 5.41) is 7.68. The van der Waals surface area contributed by atoms with E-state index in [1.807, 2.05) is 0 Å². The maximum Gasteiger partial charge on any atom is 0.270 e. The van der Waals surface area contributed by atoms with Gasteiger partial charge in [-0.15, -0.1) is 0 Å². The number of nitrogens with zero attached hydrogens (tertiary/aromatic N) is 1. The zero-order chi connectivity index (χ0) is 4.12. The molecule has 0 bridgehead atoms. The van der Waals surface area contributed by atoms with E-state index < -0.39 is 0 Å². The lowest BCUT2D eigenvalue weighted by molar-refractivity contribution is 1.37. The number of rotatable bonds is 1. The summed E-state index contributed by atoms with van der Waals surface area (Å²) in [6.45, 7) is 0. The topological polar surface area (TPSA) is 49.8 Å². The Kier molecular flexibility index (Phi) is 3.17. The van der Waals surface area contributed by atoms with Gasteiger partial charge in [0.15, 0.2) is 0 Å². The normalized spacial score (nSPS) is 5.60. The molecule has 0 amide bonds. The van der Waals surface area contributed by atoms with Crippen molar-refractivity contribution in [3.63, 3.8) is 0 Å². The van der Waals surface area contributed by atoms with Crippen LogP contribution >= 0.6 is 0 Å². The van der Waals surface area contributed by atoms with Crippen LogP contribution in [0.1, 0.15) is 0 Å². The van der Waals surface area contributed by atoms with Crippen molar-refractivity contribution in [3.8, 4) is 5.97 Å². The van der Waals surface area contributed by atoms with E-state index in [1.165, 1.54) is 7.28 Å². The van der Waals surface area contributed by atoms with Crippen LogP contribution in [0.5, 0.6) is 0 Å². The van der Waals surface area contributed by atoms with Gasteiger partial charge in [-0.2, -0.15) is 0 Å².